The maximum Gasteiger partial charge on any atom is 0.460 e. The van der Waals surface area contributed by atoms with Gasteiger partial charge in [-0.3, -0.25) is 0 Å². The summed E-state index contributed by atoms with van der Waals surface area (Å²) in [6.07, 6.45) is -8.07. The molecule has 0 radical (unpaired) electrons. The number of sulfonamides is 1. The van der Waals surface area contributed by atoms with Gasteiger partial charge in [0.2, 0.25) is 0 Å². The fourth-order valence-corrected chi connectivity index (χ4v) is 4.13. The summed E-state index contributed by atoms with van der Waals surface area (Å²) >= 11 is 0. The normalized spacial score (nSPS) is 17.5. The molecule has 0 aliphatic heterocycles. The van der Waals surface area contributed by atoms with E-state index in [2.05, 4.69) is 0 Å². The number of nitrogens with zero attached hydrogens (tertiary/aromatic N) is 1. The molecule has 26 heteroatoms. The third-order valence-electron chi connectivity index (χ3n) is 5.00. The van der Waals surface area contributed by atoms with Gasteiger partial charge in [-0.2, -0.15) is 92.2 Å². The topological polar surface area (TPSA) is 46.2 Å². The van der Waals surface area contributed by atoms with E-state index in [9.17, 15) is 101 Å². The van der Waals surface area contributed by atoms with Gasteiger partial charge in [0.15, 0.2) is 0 Å². The zero-order chi connectivity index (χ0) is 35.0. The monoisotopic (exact) mass is 699 g/mol. The van der Waals surface area contributed by atoms with Gasteiger partial charge < -0.3 is 4.48 Å². The number of hydrogen-bond donors (Lipinski definition) is 1. The van der Waals surface area contributed by atoms with E-state index in [1.165, 1.54) is 21.1 Å². The Bertz CT molecular complexity index is 1090. The van der Waals surface area contributed by atoms with Crippen LogP contribution in [0.25, 0.3) is 0 Å². The highest BCUT2D eigenvalue weighted by molar-refractivity contribution is 7.90. The number of likely N-dealkylation sites (N-methyl/N-ethyl adjacent to an activating group) is 1. The van der Waals surface area contributed by atoms with Crippen molar-refractivity contribution in [2.45, 2.75) is 71.8 Å². The van der Waals surface area contributed by atoms with Crippen LogP contribution in [-0.4, -0.2) is 105 Å². The molecule has 254 valence electrons. The van der Waals surface area contributed by atoms with Gasteiger partial charge in [0, 0.05) is 0 Å². The number of nitrogens with one attached hydrogen (secondary N) is 1. The zero-order valence-corrected chi connectivity index (χ0v) is 21.2. The quantitative estimate of drug-likeness (QED) is 0.183. The average Bonchev–Trinajstić information content (AvgIpc) is 2.69. The average molecular weight is 699 g/mol. The van der Waals surface area contributed by atoms with Crippen molar-refractivity contribution in [3.63, 3.8) is 0 Å². The molecule has 0 amide bonds. The van der Waals surface area contributed by atoms with E-state index in [1.54, 1.807) is 0 Å². The molecule has 0 fully saturated rings. The standard InChI is InChI=1S/C16H16F21N2O2S/c1-6(5-39(2,3)4)38-42(40,41)16(36,37)14(31,32)12(27,28)10(23,24)8(19,20)7(17,18)9(21,22)11(25,26)13(29,30)15(33,34)35/h6,38H,5H2,1-4H3/q+1. The van der Waals surface area contributed by atoms with Gasteiger partial charge in [0.25, 0.3) is 10.0 Å². The molecule has 0 aromatic carbocycles. The van der Waals surface area contributed by atoms with Crippen molar-refractivity contribution < 1.29 is 105 Å². The van der Waals surface area contributed by atoms with Crippen molar-refractivity contribution in [1.82, 2.24) is 4.72 Å². The summed E-state index contributed by atoms with van der Waals surface area (Å²) in [7, 11) is -3.99. The SMILES string of the molecule is CC(C[N+](C)(C)C)NS(=O)(=O)C(F)(F)C(F)(F)C(F)(F)C(F)(F)C(F)(F)C(F)(F)C(F)(F)C(F)(F)C(F)(F)C(F)(F)F. The summed E-state index contributed by atoms with van der Waals surface area (Å²) < 4.78 is 304. The van der Waals surface area contributed by atoms with Crippen molar-refractivity contribution in [2.24, 2.45) is 0 Å². The lowest BCUT2D eigenvalue weighted by molar-refractivity contribution is -0.871. The lowest BCUT2D eigenvalue weighted by Crippen LogP contribution is -2.77. The van der Waals surface area contributed by atoms with Gasteiger partial charge in [-0.15, -0.1) is 0 Å². The van der Waals surface area contributed by atoms with Crippen LogP contribution in [0.2, 0.25) is 0 Å². The van der Waals surface area contributed by atoms with Crippen molar-refractivity contribution >= 4 is 10.0 Å². The molecule has 42 heavy (non-hydrogen) atoms. The fraction of sp³-hybridized carbons (Fsp3) is 1.00. The first-order valence-corrected chi connectivity index (χ1v) is 11.4. The van der Waals surface area contributed by atoms with E-state index in [0.29, 0.717) is 11.6 Å². The lowest BCUT2D eigenvalue weighted by atomic mass is 9.87. The van der Waals surface area contributed by atoms with Crippen molar-refractivity contribution in [3.8, 4) is 0 Å². The third-order valence-corrected chi connectivity index (χ3v) is 6.64. The second-order valence-corrected chi connectivity index (χ2v) is 11.4. The zero-order valence-electron chi connectivity index (χ0n) is 20.4. The van der Waals surface area contributed by atoms with Crippen LogP contribution in [0.4, 0.5) is 92.2 Å². The molecule has 0 spiro atoms. The molecule has 1 N–H and O–H groups in total. The lowest BCUT2D eigenvalue weighted by Gasteiger charge is -2.44. The van der Waals surface area contributed by atoms with E-state index >= 15 is 0 Å². The third kappa shape index (κ3) is 5.55. The van der Waals surface area contributed by atoms with Crippen LogP contribution in [0.3, 0.4) is 0 Å². The predicted octanol–water partition coefficient (Wildman–Crippen LogP) is 6.24. The Kier molecular flexibility index (Phi) is 9.83. The smallest absolute Gasteiger partial charge is 0.330 e. The highest BCUT2D eigenvalue weighted by atomic mass is 32.2. The first-order valence-electron chi connectivity index (χ1n) is 9.89. The first kappa shape index (κ1) is 40.4. The highest BCUT2D eigenvalue weighted by Gasteiger charge is 2.98. The van der Waals surface area contributed by atoms with E-state index in [-0.39, 0.29) is 0 Å². The second-order valence-electron chi connectivity index (χ2n) is 9.60. The molecule has 0 heterocycles. The minimum Gasteiger partial charge on any atom is -0.330 e. The number of halogens is 21. The Morgan fingerprint density at radius 3 is 0.976 bits per heavy atom. The number of rotatable bonds is 13. The molecule has 0 rings (SSSR count). The minimum absolute atomic E-state index is 0.437. The highest BCUT2D eigenvalue weighted by Crippen LogP contribution is 2.66. The van der Waals surface area contributed by atoms with Crippen LogP contribution in [-0.2, 0) is 10.0 Å². The number of alkyl halides is 21. The fourth-order valence-electron chi connectivity index (χ4n) is 2.91. The van der Waals surface area contributed by atoms with Crippen LogP contribution in [0.1, 0.15) is 6.92 Å². The summed E-state index contributed by atoms with van der Waals surface area (Å²) in [5.41, 5.74) is 0. The van der Waals surface area contributed by atoms with Gasteiger partial charge >= 0.3 is 58.8 Å². The van der Waals surface area contributed by atoms with Crippen molar-refractivity contribution in [2.75, 3.05) is 27.7 Å². The summed E-state index contributed by atoms with van der Waals surface area (Å²) in [6, 6.07) is -2.02. The molecule has 0 aromatic rings. The van der Waals surface area contributed by atoms with E-state index in [1.807, 2.05) is 0 Å². The Hall–Kier alpha value is -1.60. The molecule has 0 bridgehead atoms. The molecule has 0 saturated heterocycles. The van der Waals surface area contributed by atoms with Crippen LogP contribution >= 0.6 is 0 Å². The van der Waals surface area contributed by atoms with Crippen LogP contribution in [0, 0.1) is 0 Å². The molecule has 0 aliphatic rings. The molecular formula is C16H16F21N2O2S+. The largest absolute Gasteiger partial charge is 0.460 e. The first-order chi connectivity index (χ1) is 17.6. The van der Waals surface area contributed by atoms with Crippen LogP contribution < -0.4 is 4.72 Å². The molecule has 0 saturated carbocycles. The van der Waals surface area contributed by atoms with Gasteiger partial charge in [-0.05, 0) is 6.92 Å². The van der Waals surface area contributed by atoms with Gasteiger partial charge in [-0.1, -0.05) is 0 Å². The predicted molar refractivity (Wildman–Crippen MR) is 95.0 cm³/mol. The van der Waals surface area contributed by atoms with Crippen LogP contribution in [0.15, 0.2) is 0 Å². The molecule has 1 unspecified atom stereocenters. The maximum absolute atomic E-state index is 14.1. The molecule has 1 atom stereocenters. The Balaban J connectivity index is 7.12. The summed E-state index contributed by atoms with van der Waals surface area (Å²) in [5.74, 6) is -72.2. The summed E-state index contributed by atoms with van der Waals surface area (Å²) in [6.45, 7) is -0.153. The Morgan fingerprint density at radius 2 is 0.738 bits per heavy atom. The van der Waals surface area contributed by atoms with E-state index in [0.717, 1.165) is 0 Å². The van der Waals surface area contributed by atoms with Crippen molar-refractivity contribution in [3.05, 3.63) is 0 Å². The summed E-state index contributed by atoms with van der Waals surface area (Å²) in [5, 5.41) is -7.77. The summed E-state index contributed by atoms with van der Waals surface area (Å²) in [4.78, 5) is 0. The van der Waals surface area contributed by atoms with Crippen LogP contribution in [0.5, 0.6) is 0 Å². The molecule has 0 aromatic heterocycles. The number of quaternary nitrogens is 1. The Labute approximate surface area is 220 Å². The molecule has 0 aliphatic carbocycles. The minimum atomic E-state index is -9.34. The molecular weight excluding hydrogens is 683 g/mol. The van der Waals surface area contributed by atoms with Gasteiger partial charge in [0.1, 0.15) is 0 Å². The second kappa shape index (κ2) is 10.2. The van der Waals surface area contributed by atoms with Gasteiger partial charge in [0.05, 0.1) is 33.7 Å². The van der Waals surface area contributed by atoms with Crippen molar-refractivity contribution in [1.29, 1.82) is 0 Å². The maximum atomic E-state index is 14.1. The van der Waals surface area contributed by atoms with E-state index < -0.39 is 85.9 Å². The van der Waals surface area contributed by atoms with Gasteiger partial charge in [-0.25, -0.2) is 13.1 Å². The Morgan fingerprint density at radius 1 is 0.500 bits per heavy atom. The molecule has 4 nitrogen and oxygen atoms in total. The van der Waals surface area contributed by atoms with E-state index in [4.69, 9.17) is 0 Å². The number of hydrogen-bond acceptors (Lipinski definition) is 2.